The summed E-state index contributed by atoms with van der Waals surface area (Å²) in [6.45, 7) is 5.00. The lowest BCUT2D eigenvalue weighted by Crippen LogP contribution is -2.10. The summed E-state index contributed by atoms with van der Waals surface area (Å²) in [6.07, 6.45) is 3.91. The number of rotatable bonds is 6. The van der Waals surface area contributed by atoms with Gasteiger partial charge in [-0.3, -0.25) is 0 Å². The van der Waals surface area contributed by atoms with Gasteiger partial charge in [0.1, 0.15) is 5.52 Å². The molecule has 0 radical (unpaired) electrons. The van der Waals surface area contributed by atoms with Gasteiger partial charge in [0, 0.05) is 7.05 Å². The maximum atomic E-state index is 5.77. The van der Waals surface area contributed by atoms with Crippen LogP contribution in [0.2, 0.25) is 0 Å². The molecule has 6 nitrogen and oxygen atoms in total. The predicted molar refractivity (Wildman–Crippen MR) is 70.8 cm³/mol. The Morgan fingerprint density at radius 1 is 1.44 bits per heavy atom. The lowest BCUT2D eigenvalue weighted by Gasteiger charge is -2.12. The fourth-order valence-corrected chi connectivity index (χ4v) is 1.82. The Morgan fingerprint density at radius 2 is 2.28 bits per heavy atom. The van der Waals surface area contributed by atoms with Gasteiger partial charge in [-0.05, 0) is 12.3 Å². The Kier molecular flexibility index (Phi) is 3.96. The van der Waals surface area contributed by atoms with Crippen molar-refractivity contribution in [1.82, 2.24) is 19.9 Å². The van der Waals surface area contributed by atoms with Gasteiger partial charge in [0.15, 0.2) is 5.65 Å². The molecule has 6 heteroatoms. The molecule has 2 aromatic rings. The van der Waals surface area contributed by atoms with Crippen LogP contribution in [0.4, 0.5) is 5.95 Å². The molecule has 0 aliphatic carbocycles. The maximum absolute atomic E-state index is 5.77. The highest BCUT2D eigenvalue weighted by Crippen LogP contribution is 2.21. The zero-order valence-electron chi connectivity index (χ0n) is 11.0. The summed E-state index contributed by atoms with van der Waals surface area (Å²) in [5.74, 6) is 1.60. The summed E-state index contributed by atoms with van der Waals surface area (Å²) < 4.78 is 5.77. The van der Waals surface area contributed by atoms with Gasteiger partial charge in [-0.15, -0.1) is 0 Å². The van der Waals surface area contributed by atoms with Gasteiger partial charge in [0.25, 0.3) is 0 Å². The summed E-state index contributed by atoms with van der Waals surface area (Å²) >= 11 is 0. The molecule has 2 heterocycles. The highest BCUT2D eigenvalue weighted by atomic mass is 16.5. The smallest absolute Gasteiger partial charge is 0.245 e. The molecule has 2 rings (SSSR count). The number of aromatic nitrogens is 4. The van der Waals surface area contributed by atoms with Crippen LogP contribution in [0, 0.1) is 5.92 Å². The SMILES string of the molecule is CCCC(C)COc1nc(NC)nc2nc[nH]c12. The minimum Gasteiger partial charge on any atom is -0.476 e. The number of nitrogens with one attached hydrogen (secondary N) is 2. The van der Waals surface area contributed by atoms with E-state index in [2.05, 4.69) is 39.1 Å². The number of hydrogen-bond acceptors (Lipinski definition) is 5. The van der Waals surface area contributed by atoms with Gasteiger partial charge in [0.2, 0.25) is 11.8 Å². The van der Waals surface area contributed by atoms with E-state index in [4.69, 9.17) is 4.74 Å². The number of anilines is 1. The van der Waals surface area contributed by atoms with E-state index in [1.165, 1.54) is 0 Å². The van der Waals surface area contributed by atoms with Crippen LogP contribution < -0.4 is 10.1 Å². The molecular weight excluding hydrogens is 230 g/mol. The lowest BCUT2D eigenvalue weighted by atomic mass is 10.1. The molecule has 18 heavy (non-hydrogen) atoms. The monoisotopic (exact) mass is 249 g/mol. The second-order valence-electron chi connectivity index (χ2n) is 4.41. The van der Waals surface area contributed by atoms with E-state index < -0.39 is 0 Å². The van der Waals surface area contributed by atoms with Gasteiger partial charge in [-0.25, -0.2) is 4.98 Å². The van der Waals surface area contributed by atoms with E-state index >= 15 is 0 Å². The number of aromatic amines is 1. The number of hydrogen-bond donors (Lipinski definition) is 2. The minimum absolute atomic E-state index is 0.515. The second-order valence-corrected chi connectivity index (χ2v) is 4.41. The highest BCUT2D eigenvalue weighted by molar-refractivity contribution is 5.76. The molecule has 1 unspecified atom stereocenters. The third kappa shape index (κ3) is 2.69. The number of imidazole rings is 1. The fraction of sp³-hybridized carbons (Fsp3) is 0.583. The van der Waals surface area contributed by atoms with Gasteiger partial charge in [-0.1, -0.05) is 20.3 Å². The lowest BCUT2D eigenvalue weighted by molar-refractivity contribution is 0.245. The van der Waals surface area contributed by atoms with Crippen LogP contribution in [0.3, 0.4) is 0 Å². The first-order valence-corrected chi connectivity index (χ1v) is 6.26. The molecule has 0 bridgehead atoms. The molecule has 1 atom stereocenters. The third-order valence-electron chi connectivity index (χ3n) is 2.76. The van der Waals surface area contributed by atoms with Crippen LogP contribution in [-0.2, 0) is 0 Å². The highest BCUT2D eigenvalue weighted by Gasteiger charge is 2.11. The minimum atomic E-state index is 0.515. The summed E-state index contributed by atoms with van der Waals surface area (Å²) in [7, 11) is 1.78. The summed E-state index contributed by atoms with van der Waals surface area (Å²) in [4.78, 5) is 15.7. The molecule has 2 aromatic heterocycles. The number of H-pyrrole nitrogens is 1. The molecule has 0 amide bonds. The fourth-order valence-electron chi connectivity index (χ4n) is 1.82. The largest absolute Gasteiger partial charge is 0.476 e. The van der Waals surface area contributed by atoms with Gasteiger partial charge >= 0.3 is 0 Å². The summed E-state index contributed by atoms with van der Waals surface area (Å²) in [5.41, 5.74) is 1.37. The van der Waals surface area contributed by atoms with E-state index in [0.717, 1.165) is 18.4 Å². The van der Waals surface area contributed by atoms with Crippen LogP contribution in [0.1, 0.15) is 26.7 Å². The molecule has 0 saturated carbocycles. The first kappa shape index (κ1) is 12.6. The third-order valence-corrected chi connectivity index (χ3v) is 2.76. The summed E-state index contributed by atoms with van der Waals surface area (Å²) in [5, 5.41) is 2.91. The van der Waals surface area contributed by atoms with E-state index in [0.29, 0.717) is 30.0 Å². The van der Waals surface area contributed by atoms with E-state index in [-0.39, 0.29) is 0 Å². The molecule has 0 fully saturated rings. The molecule has 0 aliphatic heterocycles. The van der Waals surface area contributed by atoms with E-state index in [1.54, 1.807) is 13.4 Å². The number of nitrogens with zero attached hydrogens (tertiary/aromatic N) is 3. The van der Waals surface area contributed by atoms with Crippen LogP contribution in [-0.4, -0.2) is 33.6 Å². The van der Waals surface area contributed by atoms with Crippen molar-refractivity contribution in [2.24, 2.45) is 5.92 Å². The van der Waals surface area contributed by atoms with Crippen molar-refractivity contribution in [2.75, 3.05) is 19.0 Å². The first-order valence-electron chi connectivity index (χ1n) is 6.26. The first-order chi connectivity index (χ1) is 8.74. The average Bonchev–Trinajstić information content (AvgIpc) is 2.84. The Hall–Kier alpha value is -1.85. The van der Waals surface area contributed by atoms with Gasteiger partial charge in [0.05, 0.1) is 12.9 Å². The molecule has 98 valence electrons. The predicted octanol–water partition coefficient (Wildman–Crippen LogP) is 2.21. The Balaban J connectivity index is 2.18. The molecule has 0 aliphatic rings. The quantitative estimate of drug-likeness (QED) is 0.821. The van der Waals surface area contributed by atoms with Crippen molar-refractivity contribution < 1.29 is 4.74 Å². The zero-order chi connectivity index (χ0) is 13.0. The van der Waals surface area contributed by atoms with Crippen LogP contribution in [0.5, 0.6) is 5.88 Å². The van der Waals surface area contributed by atoms with E-state index in [1.807, 2.05) is 0 Å². The Labute approximate surface area is 106 Å². The van der Waals surface area contributed by atoms with Crippen molar-refractivity contribution in [3.05, 3.63) is 6.33 Å². The van der Waals surface area contributed by atoms with Gasteiger partial charge < -0.3 is 15.0 Å². The molecular formula is C12H19N5O. The number of ether oxygens (including phenoxy) is 1. The molecule has 0 saturated heterocycles. The van der Waals surface area contributed by atoms with Crippen LogP contribution >= 0.6 is 0 Å². The van der Waals surface area contributed by atoms with Crippen LogP contribution in [0.25, 0.3) is 11.2 Å². The Bertz CT molecular complexity index is 510. The maximum Gasteiger partial charge on any atom is 0.245 e. The number of fused-ring (bicyclic) bond motifs is 1. The molecule has 0 spiro atoms. The zero-order valence-corrected chi connectivity index (χ0v) is 11.0. The van der Waals surface area contributed by atoms with Crippen molar-refractivity contribution in [3.8, 4) is 5.88 Å². The molecule has 2 N–H and O–H groups in total. The summed E-state index contributed by atoms with van der Waals surface area (Å²) in [6, 6.07) is 0. The van der Waals surface area contributed by atoms with Gasteiger partial charge in [-0.2, -0.15) is 9.97 Å². The average molecular weight is 249 g/mol. The van der Waals surface area contributed by atoms with Crippen LogP contribution in [0.15, 0.2) is 6.33 Å². The Morgan fingerprint density at radius 3 is 3.00 bits per heavy atom. The van der Waals surface area contributed by atoms with E-state index in [9.17, 15) is 0 Å². The van der Waals surface area contributed by atoms with Crippen molar-refractivity contribution in [2.45, 2.75) is 26.7 Å². The topological polar surface area (TPSA) is 75.7 Å². The standard InChI is InChI=1S/C12H19N5O/c1-4-5-8(2)6-18-11-9-10(15-7-14-9)16-12(13-3)17-11/h7-8H,4-6H2,1-3H3,(H2,13,14,15,16,17). The van der Waals surface area contributed by atoms with Crippen molar-refractivity contribution in [3.63, 3.8) is 0 Å². The second kappa shape index (κ2) is 5.66. The normalized spacial score (nSPS) is 12.6. The molecule has 0 aromatic carbocycles. The van der Waals surface area contributed by atoms with Crippen molar-refractivity contribution >= 4 is 17.1 Å². The van der Waals surface area contributed by atoms with Crippen molar-refractivity contribution in [1.29, 1.82) is 0 Å².